The molecule has 7 nitrogen and oxygen atoms in total. The van der Waals surface area contributed by atoms with Crippen LogP contribution in [0.2, 0.25) is 0 Å². The number of urea groups is 1. The maximum Gasteiger partial charge on any atom is 0.387 e. The number of halogens is 2. The number of anilines is 1. The molecule has 2 fully saturated rings. The Balaban J connectivity index is 1.41. The Morgan fingerprint density at radius 2 is 1.88 bits per heavy atom. The number of nitrogens with zero attached hydrogens (tertiary/aromatic N) is 3. The molecule has 5 rings (SSSR count). The molecule has 2 amide bonds. The van der Waals surface area contributed by atoms with Crippen molar-refractivity contribution >= 4 is 11.7 Å². The lowest BCUT2D eigenvalue weighted by Crippen LogP contribution is -2.53. The Kier molecular flexibility index (Phi) is 5.72. The Bertz CT molecular complexity index is 1100. The fourth-order valence-electron chi connectivity index (χ4n) is 4.80. The number of carbonyl (C=O) groups is 1. The van der Waals surface area contributed by atoms with Crippen molar-refractivity contribution in [1.82, 2.24) is 20.4 Å². The molecule has 1 spiro atoms. The first-order valence-electron chi connectivity index (χ1n) is 11.0. The lowest BCUT2D eigenvalue weighted by atomic mass is 9.87. The molecule has 33 heavy (non-hydrogen) atoms. The molecule has 0 aliphatic carbocycles. The average Bonchev–Trinajstić information content (AvgIpc) is 3.44. The fourth-order valence-corrected chi connectivity index (χ4v) is 4.80. The molecule has 3 heterocycles. The minimum atomic E-state index is -2.88. The van der Waals surface area contributed by atoms with E-state index in [-0.39, 0.29) is 17.3 Å². The van der Waals surface area contributed by atoms with E-state index in [1.54, 1.807) is 18.3 Å². The highest BCUT2D eigenvalue weighted by Gasteiger charge is 2.50. The van der Waals surface area contributed by atoms with Crippen LogP contribution >= 0.6 is 0 Å². The van der Waals surface area contributed by atoms with E-state index in [1.165, 1.54) is 6.07 Å². The molecule has 2 aromatic carbocycles. The van der Waals surface area contributed by atoms with Crippen LogP contribution in [0.25, 0.3) is 11.1 Å². The maximum absolute atomic E-state index is 13.6. The molecule has 0 unspecified atom stereocenters. The van der Waals surface area contributed by atoms with Gasteiger partial charge in [-0.2, -0.15) is 13.9 Å². The van der Waals surface area contributed by atoms with E-state index in [4.69, 9.17) is 0 Å². The molecule has 0 saturated carbocycles. The number of nitrogens with one attached hydrogen (secondary N) is 2. The van der Waals surface area contributed by atoms with Gasteiger partial charge in [0.1, 0.15) is 5.75 Å². The van der Waals surface area contributed by atoms with Crippen molar-refractivity contribution < 1.29 is 18.3 Å². The van der Waals surface area contributed by atoms with Crippen LogP contribution in [-0.2, 0) is 6.54 Å². The number of hydrogen-bond acceptors (Lipinski definition) is 4. The van der Waals surface area contributed by atoms with Gasteiger partial charge < -0.3 is 15.0 Å². The van der Waals surface area contributed by atoms with Gasteiger partial charge in [-0.3, -0.25) is 10.00 Å². The number of H-pyrrole nitrogens is 1. The third kappa shape index (κ3) is 4.28. The number of rotatable bonds is 6. The van der Waals surface area contributed by atoms with E-state index < -0.39 is 6.61 Å². The molecule has 2 N–H and O–H groups in total. The minimum absolute atomic E-state index is 0.0758. The van der Waals surface area contributed by atoms with Gasteiger partial charge in [-0.25, -0.2) is 4.79 Å². The van der Waals surface area contributed by atoms with E-state index in [2.05, 4.69) is 20.3 Å². The Labute approximate surface area is 190 Å². The van der Waals surface area contributed by atoms with E-state index in [0.29, 0.717) is 13.1 Å². The van der Waals surface area contributed by atoms with Crippen LogP contribution in [0.4, 0.5) is 19.3 Å². The van der Waals surface area contributed by atoms with E-state index in [0.717, 1.165) is 48.3 Å². The summed E-state index contributed by atoms with van der Waals surface area (Å²) in [5.74, 6) is 0.0974. The van der Waals surface area contributed by atoms with Crippen molar-refractivity contribution in [3.63, 3.8) is 0 Å². The number of hydrogen-bond donors (Lipinski definition) is 2. The van der Waals surface area contributed by atoms with Crippen molar-refractivity contribution in [3.05, 3.63) is 66.5 Å². The van der Waals surface area contributed by atoms with Gasteiger partial charge >= 0.3 is 12.6 Å². The van der Waals surface area contributed by atoms with Crippen LogP contribution in [0.5, 0.6) is 5.75 Å². The summed E-state index contributed by atoms with van der Waals surface area (Å²) < 4.78 is 29.9. The van der Waals surface area contributed by atoms with Gasteiger partial charge in [0, 0.05) is 24.0 Å². The molecule has 172 valence electrons. The van der Waals surface area contributed by atoms with Crippen molar-refractivity contribution in [1.29, 1.82) is 0 Å². The number of alkyl halides is 2. The molecule has 9 heteroatoms. The lowest BCUT2D eigenvalue weighted by Gasteiger charge is -2.40. The first-order chi connectivity index (χ1) is 16.0. The molecule has 3 aromatic rings. The summed E-state index contributed by atoms with van der Waals surface area (Å²) in [6.07, 6.45) is 5.24. The van der Waals surface area contributed by atoms with Crippen LogP contribution in [0.3, 0.4) is 0 Å². The molecule has 2 aliphatic rings. The van der Waals surface area contributed by atoms with Crippen molar-refractivity contribution in [2.75, 3.05) is 24.5 Å². The van der Waals surface area contributed by atoms with Gasteiger partial charge in [0.2, 0.25) is 0 Å². The number of ether oxygens (including phenoxy) is 1. The molecule has 2 aliphatic heterocycles. The first kappa shape index (κ1) is 21.4. The molecule has 0 atom stereocenters. The summed E-state index contributed by atoms with van der Waals surface area (Å²) in [6, 6.07) is 14.4. The SMILES string of the molecule is O=C1N(c2ccc(-c3cn[nH]c3)cc2)CC2(CCNCC2)N1Cc1cccc(OC(F)F)c1. The molecule has 2 saturated heterocycles. The summed E-state index contributed by atoms with van der Waals surface area (Å²) in [5.41, 5.74) is 3.28. The summed E-state index contributed by atoms with van der Waals surface area (Å²) in [6.45, 7) is -0.309. The monoisotopic (exact) mass is 453 g/mol. The Morgan fingerprint density at radius 1 is 1.09 bits per heavy atom. The second-order valence-electron chi connectivity index (χ2n) is 8.49. The average molecular weight is 453 g/mol. The van der Waals surface area contributed by atoms with Crippen LogP contribution < -0.4 is 15.0 Å². The number of amides is 2. The summed E-state index contributed by atoms with van der Waals surface area (Å²) in [5, 5.41) is 10.2. The van der Waals surface area contributed by atoms with E-state index >= 15 is 0 Å². The number of aromatic nitrogens is 2. The zero-order chi connectivity index (χ0) is 22.8. The van der Waals surface area contributed by atoms with Crippen molar-refractivity contribution in [2.45, 2.75) is 31.5 Å². The number of piperidine rings is 1. The van der Waals surface area contributed by atoms with Gasteiger partial charge in [0.25, 0.3) is 0 Å². The van der Waals surface area contributed by atoms with Crippen LogP contribution in [0.1, 0.15) is 18.4 Å². The molecule has 1 aromatic heterocycles. The fraction of sp³-hybridized carbons (Fsp3) is 0.333. The topological polar surface area (TPSA) is 73.5 Å². The molecular formula is C24H25F2N5O2. The molecule has 0 bridgehead atoms. The highest BCUT2D eigenvalue weighted by atomic mass is 19.3. The Hall–Kier alpha value is -3.46. The maximum atomic E-state index is 13.6. The van der Waals surface area contributed by atoms with Gasteiger partial charge in [-0.15, -0.1) is 0 Å². The third-order valence-electron chi connectivity index (χ3n) is 6.50. The van der Waals surface area contributed by atoms with Gasteiger partial charge in [0.15, 0.2) is 0 Å². The minimum Gasteiger partial charge on any atom is -0.435 e. The molecular weight excluding hydrogens is 428 g/mol. The summed E-state index contributed by atoms with van der Waals surface area (Å²) in [7, 11) is 0. The highest BCUT2D eigenvalue weighted by Crippen LogP contribution is 2.38. The smallest absolute Gasteiger partial charge is 0.387 e. The van der Waals surface area contributed by atoms with E-state index in [9.17, 15) is 13.6 Å². The number of aromatic amines is 1. The van der Waals surface area contributed by atoms with Crippen LogP contribution in [0.15, 0.2) is 60.9 Å². The van der Waals surface area contributed by atoms with Gasteiger partial charge in [-0.1, -0.05) is 24.3 Å². The third-order valence-corrected chi connectivity index (χ3v) is 6.50. The normalized spacial score (nSPS) is 17.8. The first-order valence-corrected chi connectivity index (χ1v) is 11.0. The predicted molar refractivity (Wildman–Crippen MR) is 120 cm³/mol. The lowest BCUT2D eigenvalue weighted by molar-refractivity contribution is -0.0499. The number of benzene rings is 2. The van der Waals surface area contributed by atoms with Crippen LogP contribution in [-0.4, -0.2) is 52.9 Å². The zero-order valence-electron chi connectivity index (χ0n) is 18.0. The van der Waals surface area contributed by atoms with Gasteiger partial charge in [0.05, 0.1) is 18.3 Å². The Morgan fingerprint density at radius 3 is 2.58 bits per heavy atom. The summed E-state index contributed by atoms with van der Waals surface area (Å²) in [4.78, 5) is 17.4. The predicted octanol–water partition coefficient (Wildman–Crippen LogP) is 4.24. The number of carbonyl (C=O) groups excluding carboxylic acids is 1. The van der Waals surface area contributed by atoms with Crippen molar-refractivity contribution in [2.24, 2.45) is 0 Å². The van der Waals surface area contributed by atoms with Crippen molar-refractivity contribution in [3.8, 4) is 16.9 Å². The zero-order valence-corrected chi connectivity index (χ0v) is 18.0. The van der Waals surface area contributed by atoms with Gasteiger partial charge in [-0.05, 0) is 61.3 Å². The second-order valence-corrected chi connectivity index (χ2v) is 8.49. The largest absolute Gasteiger partial charge is 0.435 e. The standard InChI is InChI=1S/C24H25F2N5O2/c25-22(26)33-21-3-1-2-17(12-21)15-31-23(32)30(16-24(31)8-10-27-11-9-24)20-6-4-18(5-7-20)19-13-28-29-14-19/h1-7,12-14,22,27H,8-11,15-16H2,(H,28,29). The molecule has 0 radical (unpaired) electrons. The summed E-state index contributed by atoms with van der Waals surface area (Å²) >= 11 is 0. The highest BCUT2D eigenvalue weighted by molar-refractivity contribution is 5.95. The second kappa shape index (κ2) is 8.82. The quantitative estimate of drug-likeness (QED) is 0.586. The van der Waals surface area contributed by atoms with E-state index in [1.807, 2.05) is 46.3 Å². The van der Waals surface area contributed by atoms with Crippen LogP contribution in [0, 0.1) is 0 Å².